The lowest BCUT2D eigenvalue weighted by Crippen LogP contribution is -2.39. The van der Waals surface area contributed by atoms with E-state index in [2.05, 4.69) is 32.4 Å². The maximum atomic E-state index is 12.6. The van der Waals surface area contributed by atoms with Crippen LogP contribution in [0.4, 0.5) is 13.2 Å². The van der Waals surface area contributed by atoms with Gasteiger partial charge in [0.2, 0.25) is 0 Å². The second-order valence-electron chi connectivity index (χ2n) is 6.83. The molecule has 2 N–H and O–H groups in total. The molecule has 2 rings (SSSR count). The predicted molar refractivity (Wildman–Crippen MR) is 119 cm³/mol. The molecule has 2 heterocycles. The van der Waals surface area contributed by atoms with Crippen molar-refractivity contribution in [2.24, 2.45) is 4.99 Å². The van der Waals surface area contributed by atoms with E-state index in [1.165, 1.54) is 25.8 Å². The van der Waals surface area contributed by atoms with Gasteiger partial charge in [0.25, 0.3) is 0 Å². The molecule has 162 valence electrons. The van der Waals surface area contributed by atoms with Gasteiger partial charge < -0.3 is 15.5 Å². The third kappa shape index (κ3) is 8.81. The molecule has 1 fully saturated rings. The molecule has 1 saturated heterocycles. The Morgan fingerprint density at radius 3 is 2.75 bits per heavy atom. The molecule has 1 atom stereocenters. The second kappa shape index (κ2) is 12.8. The first kappa shape index (κ1) is 25.4. The minimum atomic E-state index is -4.40. The molecule has 10 heteroatoms. The number of nitrogens with zero attached hydrogens (tertiary/aromatic N) is 3. The molecular formula is C18H31F3IN5S. The van der Waals surface area contributed by atoms with Gasteiger partial charge in [0.1, 0.15) is 5.01 Å². The van der Waals surface area contributed by atoms with E-state index in [1.54, 1.807) is 0 Å². The maximum Gasteiger partial charge on any atom is 0.434 e. The largest absolute Gasteiger partial charge is 0.434 e. The Kier molecular flexibility index (Phi) is 11.7. The minimum Gasteiger partial charge on any atom is -0.357 e. The summed E-state index contributed by atoms with van der Waals surface area (Å²) in [7, 11) is 0. The van der Waals surface area contributed by atoms with Gasteiger partial charge in [0, 0.05) is 24.5 Å². The Hall–Kier alpha value is -0.620. The van der Waals surface area contributed by atoms with E-state index < -0.39 is 11.9 Å². The quantitative estimate of drug-likeness (QED) is 0.224. The molecule has 1 unspecified atom stereocenters. The average molecular weight is 533 g/mol. The third-order valence-corrected chi connectivity index (χ3v) is 5.50. The van der Waals surface area contributed by atoms with Crippen molar-refractivity contribution in [3.8, 4) is 0 Å². The number of aliphatic imine (C=N–C) groups is 1. The minimum absolute atomic E-state index is 0. The fraction of sp³-hybridized carbons (Fsp3) is 0.778. The van der Waals surface area contributed by atoms with Crippen molar-refractivity contribution in [2.45, 2.75) is 64.7 Å². The Labute approximate surface area is 186 Å². The normalized spacial score (nSPS) is 18.6. The molecule has 0 aliphatic carbocycles. The number of unbranched alkanes of at least 4 members (excludes halogenated alkanes) is 1. The molecule has 1 aliphatic rings. The fourth-order valence-electron chi connectivity index (χ4n) is 3.14. The molecule has 0 saturated carbocycles. The second-order valence-corrected chi connectivity index (χ2v) is 7.78. The standard InChI is InChI=1S/C18H30F3N5S.HI/c1-3-22-17(24-12-16-25-15(13-27-16)18(19,20)21)23-9-5-7-11-26-10-6-4-8-14(26)2;/h13-14H,3-12H2,1-2H3,(H2,22,23,24);1H. The summed E-state index contributed by atoms with van der Waals surface area (Å²) >= 11 is 0.985. The zero-order valence-electron chi connectivity index (χ0n) is 16.5. The van der Waals surface area contributed by atoms with Crippen LogP contribution in [0.5, 0.6) is 0 Å². The molecule has 1 aliphatic heterocycles. The number of nitrogens with one attached hydrogen (secondary N) is 2. The van der Waals surface area contributed by atoms with Gasteiger partial charge in [-0.3, -0.25) is 0 Å². The lowest BCUT2D eigenvalue weighted by atomic mass is 10.0. The van der Waals surface area contributed by atoms with Crippen LogP contribution in [0.1, 0.15) is 56.7 Å². The molecule has 1 aromatic rings. The highest BCUT2D eigenvalue weighted by Crippen LogP contribution is 2.30. The van der Waals surface area contributed by atoms with Crippen LogP contribution in [-0.4, -0.2) is 48.1 Å². The van der Waals surface area contributed by atoms with Crippen molar-refractivity contribution < 1.29 is 13.2 Å². The molecule has 0 spiro atoms. The monoisotopic (exact) mass is 533 g/mol. The van der Waals surface area contributed by atoms with Crippen molar-refractivity contribution in [3.63, 3.8) is 0 Å². The van der Waals surface area contributed by atoms with Crippen LogP contribution in [0.3, 0.4) is 0 Å². The maximum absolute atomic E-state index is 12.6. The number of alkyl halides is 3. The highest BCUT2D eigenvalue weighted by atomic mass is 127. The van der Waals surface area contributed by atoms with Crippen LogP contribution in [0.15, 0.2) is 10.4 Å². The Morgan fingerprint density at radius 2 is 2.11 bits per heavy atom. The molecule has 0 bridgehead atoms. The van der Waals surface area contributed by atoms with Crippen molar-refractivity contribution in [1.29, 1.82) is 0 Å². The first-order chi connectivity index (χ1) is 12.9. The third-order valence-electron chi connectivity index (χ3n) is 4.66. The molecule has 1 aromatic heterocycles. The van der Waals surface area contributed by atoms with E-state index in [9.17, 15) is 13.2 Å². The summed E-state index contributed by atoms with van der Waals surface area (Å²) < 4.78 is 37.8. The van der Waals surface area contributed by atoms with Gasteiger partial charge >= 0.3 is 6.18 Å². The smallest absolute Gasteiger partial charge is 0.357 e. The molecule has 5 nitrogen and oxygen atoms in total. The topological polar surface area (TPSA) is 52.6 Å². The predicted octanol–water partition coefficient (Wildman–Crippen LogP) is 4.49. The molecule has 0 amide bonds. The van der Waals surface area contributed by atoms with Crippen molar-refractivity contribution in [3.05, 3.63) is 16.1 Å². The number of piperidine rings is 1. The summed E-state index contributed by atoms with van der Waals surface area (Å²) in [6, 6.07) is 0.686. The molecule has 28 heavy (non-hydrogen) atoms. The van der Waals surface area contributed by atoms with E-state index in [1.807, 2.05) is 6.92 Å². The number of hydrogen-bond acceptors (Lipinski definition) is 4. The van der Waals surface area contributed by atoms with Gasteiger partial charge in [-0.1, -0.05) is 6.42 Å². The lowest BCUT2D eigenvalue weighted by molar-refractivity contribution is -0.140. The van der Waals surface area contributed by atoms with Gasteiger partial charge in [-0.25, -0.2) is 9.98 Å². The number of hydrogen-bond donors (Lipinski definition) is 2. The van der Waals surface area contributed by atoms with Crippen LogP contribution in [0, 0.1) is 0 Å². The number of aromatic nitrogens is 1. The van der Waals surface area contributed by atoms with Crippen LogP contribution < -0.4 is 10.6 Å². The van der Waals surface area contributed by atoms with Crippen LogP contribution in [0.25, 0.3) is 0 Å². The summed E-state index contributed by atoms with van der Waals surface area (Å²) in [5.74, 6) is 0.618. The summed E-state index contributed by atoms with van der Waals surface area (Å²) in [5.41, 5.74) is -0.845. The highest BCUT2D eigenvalue weighted by molar-refractivity contribution is 14.0. The van der Waals surface area contributed by atoms with E-state index in [-0.39, 0.29) is 30.5 Å². The number of halogens is 4. The van der Waals surface area contributed by atoms with E-state index in [0.29, 0.717) is 23.6 Å². The Morgan fingerprint density at radius 1 is 1.32 bits per heavy atom. The summed E-state index contributed by atoms with van der Waals surface area (Å²) in [6.45, 7) is 8.21. The van der Waals surface area contributed by atoms with Gasteiger partial charge in [0.05, 0.1) is 6.54 Å². The molecule has 0 aromatic carbocycles. The van der Waals surface area contributed by atoms with Gasteiger partial charge in [-0.2, -0.15) is 13.2 Å². The SMILES string of the molecule is CCNC(=NCc1nc(C(F)(F)F)cs1)NCCCCN1CCCCC1C.I. The van der Waals surface area contributed by atoms with Gasteiger partial charge in [-0.05, 0) is 52.6 Å². The average Bonchev–Trinajstić information content (AvgIpc) is 3.10. The van der Waals surface area contributed by atoms with Crippen molar-refractivity contribution >= 4 is 41.3 Å². The van der Waals surface area contributed by atoms with Crippen LogP contribution in [0.2, 0.25) is 0 Å². The van der Waals surface area contributed by atoms with Crippen molar-refractivity contribution in [2.75, 3.05) is 26.2 Å². The zero-order valence-corrected chi connectivity index (χ0v) is 19.7. The summed E-state index contributed by atoms with van der Waals surface area (Å²) in [6.07, 6.45) is 1.69. The van der Waals surface area contributed by atoms with Gasteiger partial charge in [0.15, 0.2) is 11.7 Å². The van der Waals surface area contributed by atoms with E-state index >= 15 is 0 Å². The number of likely N-dealkylation sites (tertiary alicyclic amines) is 1. The fourth-order valence-corrected chi connectivity index (χ4v) is 3.86. The summed E-state index contributed by atoms with van der Waals surface area (Å²) in [4.78, 5) is 10.5. The van der Waals surface area contributed by atoms with Crippen LogP contribution in [-0.2, 0) is 12.7 Å². The van der Waals surface area contributed by atoms with E-state index in [4.69, 9.17) is 0 Å². The highest BCUT2D eigenvalue weighted by Gasteiger charge is 2.33. The lowest BCUT2D eigenvalue weighted by Gasteiger charge is -2.33. The van der Waals surface area contributed by atoms with Crippen LogP contribution >= 0.6 is 35.3 Å². The Balaban J connectivity index is 0.00000392. The summed E-state index contributed by atoms with van der Waals surface area (Å²) in [5, 5.41) is 7.77. The first-order valence-electron chi connectivity index (χ1n) is 9.68. The zero-order chi connectivity index (χ0) is 19.7. The number of guanidine groups is 1. The van der Waals surface area contributed by atoms with E-state index in [0.717, 1.165) is 42.6 Å². The number of rotatable bonds is 8. The Bertz CT molecular complexity index is 594. The first-order valence-corrected chi connectivity index (χ1v) is 10.6. The van der Waals surface area contributed by atoms with Crippen molar-refractivity contribution in [1.82, 2.24) is 20.5 Å². The molecule has 0 radical (unpaired) electrons. The van der Waals surface area contributed by atoms with Gasteiger partial charge in [-0.15, -0.1) is 35.3 Å². The number of thiazole rings is 1. The molecular weight excluding hydrogens is 502 g/mol.